The summed E-state index contributed by atoms with van der Waals surface area (Å²) in [5.74, 6) is 1.53. The first-order valence-corrected chi connectivity index (χ1v) is 7.12. The maximum Gasteiger partial charge on any atom is 0.0939 e. The van der Waals surface area contributed by atoms with Crippen molar-refractivity contribution in [3.63, 3.8) is 0 Å². The van der Waals surface area contributed by atoms with Crippen LogP contribution < -0.4 is 5.73 Å². The molecule has 0 radical (unpaired) electrons. The minimum absolute atomic E-state index is 0.412. The van der Waals surface area contributed by atoms with E-state index in [1.54, 1.807) is 11.3 Å². The van der Waals surface area contributed by atoms with E-state index in [-0.39, 0.29) is 0 Å². The van der Waals surface area contributed by atoms with Crippen LogP contribution in [0, 0.1) is 11.8 Å². The number of halogens is 1. The molecule has 3 atom stereocenters. The summed E-state index contributed by atoms with van der Waals surface area (Å²) in [4.78, 5) is 4.40. The molecule has 0 aromatic carbocycles. The molecule has 1 saturated carbocycles. The summed E-state index contributed by atoms with van der Waals surface area (Å²) < 4.78 is 1.13. The number of thiazole rings is 1. The Morgan fingerprint density at radius 3 is 3.07 bits per heavy atom. The summed E-state index contributed by atoms with van der Waals surface area (Å²) in [6.45, 7) is 2.35. The number of hydrogen-bond donors (Lipinski definition) is 1. The van der Waals surface area contributed by atoms with E-state index in [2.05, 4.69) is 27.8 Å². The minimum Gasteiger partial charge on any atom is -0.328 e. The lowest BCUT2D eigenvalue weighted by atomic mass is 9.77. The summed E-state index contributed by atoms with van der Waals surface area (Å²) in [7, 11) is 0. The van der Waals surface area contributed by atoms with Crippen molar-refractivity contribution in [2.75, 3.05) is 0 Å². The van der Waals surface area contributed by atoms with E-state index in [4.69, 9.17) is 5.73 Å². The molecular formula is C11H17BrN2S. The lowest BCUT2D eigenvalue weighted by Gasteiger charge is -2.32. The fourth-order valence-electron chi connectivity index (χ4n) is 2.34. The molecule has 2 N–H and O–H groups in total. The van der Waals surface area contributed by atoms with Crippen LogP contribution in [0.15, 0.2) is 9.98 Å². The molecule has 0 spiro atoms. The smallest absolute Gasteiger partial charge is 0.0939 e. The molecule has 84 valence electrons. The Morgan fingerprint density at radius 2 is 2.40 bits per heavy atom. The summed E-state index contributed by atoms with van der Waals surface area (Å²) >= 11 is 5.20. The van der Waals surface area contributed by atoms with Crippen molar-refractivity contribution in [1.82, 2.24) is 4.98 Å². The van der Waals surface area contributed by atoms with Crippen molar-refractivity contribution in [2.24, 2.45) is 17.6 Å². The molecule has 1 aromatic heterocycles. The zero-order valence-electron chi connectivity index (χ0n) is 8.95. The van der Waals surface area contributed by atoms with Gasteiger partial charge in [0.15, 0.2) is 0 Å². The number of rotatable bonds is 2. The van der Waals surface area contributed by atoms with Crippen molar-refractivity contribution in [3.05, 3.63) is 15.0 Å². The minimum atomic E-state index is 0.412. The number of aromatic nitrogens is 1. The van der Waals surface area contributed by atoms with Gasteiger partial charge in [0, 0.05) is 12.5 Å². The Balaban J connectivity index is 1.98. The van der Waals surface area contributed by atoms with E-state index in [9.17, 15) is 0 Å². The van der Waals surface area contributed by atoms with Crippen LogP contribution in [0.4, 0.5) is 0 Å². The van der Waals surface area contributed by atoms with Crippen molar-refractivity contribution >= 4 is 27.3 Å². The molecule has 2 rings (SSSR count). The lowest BCUT2D eigenvalue weighted by molar-refractivity contribution is 0.231. The molecule has 0 aliphatic heterocycles. The van der Waals surface area contributed by atoms with E-state index >= 15 is 0 Å². The average Bonchev–Trinajstić information content (AvgIpc) is 2.58. The summed E-state index contributed by atoms with van der Waals surface area (Å²) in [5.41, 5.74) is 6.02. The van der Waals surface area contributed by atoms with Gasteiger partial charge in [-0.3, -0.25) is 0 Å². The Labute approximate surface area is 103 Å². The monoisotopic (exact) mass is 288 g/mol. The number of hydrogen-bond acceptors (Lipinski definition) is 3. The molecule has 3 unspecified atom stereocenters. The van der Waals surface area contributed by atoms with Gasteiger partial charge in [-0.1, -0.05) is 6.92 Å². The summed E-state index contributed by atoms with van der Waals surface area (Å²) in [5, 5.41) is 1.24. The molecule has 1 aliphatic rings. The first-order chi connectivity index (χ1) is 7.15. The van der Waals surface area contributed by atoms with E-state index in [0.29, 0.717) is 6.04 Å². The van der Waals surface area contributed by atoms with Crippen LogP contribution in [-0.2, 0) is 6.42 Å². The number of nitrogens with two attached hydrogens (primary N) is 1. The summed E-state index contributed by atoms with van der Waals surface area (Å²) in [6.07, 6.45) is 6.63. The van der Waals surface area contributed by atoms with Gasteiger partial charge in [0.25, 0.3) is 0 Å². The predicted molar refractivity (Wildman–Crippen MR) is 68.0 cm³/mol. The van der Waals surface area contributed by atoms with Crippen molar-refractivity contribution < 1.29 is 0 Å². The van der Waals surface area contributed by atoms with Gasteiger partial charge in [-0.15, -0.1) is 11.3 Å². The largest absolute Gasteiger partial charge is 0.328 e. The fourth-order valence-corrected chi connectivity index (χ4v) is 3.74. The SMILES string of the molecule is CC1CCC(N)CC1Cc1ncc(Br)s1. The van der Waals surface area contributed by atoms with E-state index in [1.165, 1.54) is 24.3 Å². The molecular weight excluding hydrogens is 272 g/mol. The van der Waals surface area contributed by atoms with E-state index < -0.39 is 0 Å². The highest BCUT2D eigenvalue weighted by molar-refractivity contribution is 9.11. The maximum atomic E-state index is 6.02. The highest BCUT2D eigenvalue weighted by Crippen LogP contribution is 2.33. The van der Waals surface area contributed by atoms with Crippen LogP contribution >= 0.6 is 27.3 Å². The van der Waals surface area contributed by atoms with Gasteiger partial charge >= 0.3 is 0 Å². The summed E-state index contributed by atoms with van der Waals surface area (Å²) in [6, 6.07) is 0.412. The molecule has 0 amide bonds. The molecule has 1 aliphatic carbocycles. The van der Waals surface area contributed by atoms with E-state index in [1.807, 2.05) is 6.20 Å². The molecule has 0 saturated heterocycles. The van der Waals surface area contributed by atoms with Crippen molar-refractivity contribution in [3.8, 4) is 0 Å². The van der Waals surface area contributed by atoms with Gasteiger partial charge in [-0.25, -0.2) is 4.98 Å². The normalized spacial score (nSPS) is 31.8. The van der Waals surface area contributed by atoms with Crippen LogP contribution in [0.25, 0.3) is 0 Å². The third-order valence-electron chi connectivity index (χ3n) is 3.37. The third kappa shape index (κ3) is 3.02. The predicted octanol–water partition coefficient (Wildman–Crippen LogP) is 3.21. The van der Waals surface area contributed by atoms with Gasteiger partial charge in [0.05, 0.1) is 15.0 Å². The van der Waals surface area contributed by atoms with Crippen LogP contribution in [0.3, 0.4) is 0 Å². The second kappa shape index (κ2) is 4.93. The molecule has 0 bridgehead atoms. The maximum absolute atomic E-state index is 6.02. The Hall–Kier alpha value is 0.0700. The second-order valence-corrected chi connectivity index (χ2v) is 7.07. The van der Waals surface area contributed by atoms with Crippen molar-refractivity contribution in [1.29, 1.82) is 0 Å². The van der Waals surface area contributed by atoms with Crippen LogP contribution in [0.5, 0.6) is 0 Å². The zero-order valence-corrected chi connectivity index (χ0v) is 11.4. The standard InChI is InChI=1S/C11H17BrN2S/c1-7-2-3-9(13)4-8(7)5-11-14-6-10(12)15-11/h6-9H,2-5,13H2,1H3. The third-order valence-corrected chi connectivity index (χ3v) is 4.86. The fraction of sp³-hybridized carbons (Fsp3) is 0.727. The molecule has 1 heterocycles. The van der Waals surface area contributed by atoms with Gasteiger partial charge in [0.1, 0.15) is 0 Å². The average molecular weight is 289 g/mol. The second-order valence-electron chi connectivity index (χ2n) is 4.57. The Bertz CT molecular complexity index is 326. The van der Waals surface area contributed by atoms with Gasteiger partial charge in [-0.05, 0) is 47.0 Å². The van der Waals surface area contributed by atoms with Gasteiger partial charge < -0.3 is 5.73 Å². The highest BCUT2D eigenvalue weighted by atomic mass is 79.9. The number of nitrogens with zero attached hydrogens (tertiary/aromatic N) is 1. The van der Waals surface area contributed by atoms with Gasteiger partial charge in [0.2, 0.25) is 0 Å². The molecule has 4 heteroatoms. The molecule has 1 aromatic rings. The van der Waals surface area contributed by atoms with Gasteiger partial charge in [-0.2, -0.15) is 0 Å². The van der Waals surface area contributed by atoms with E-state index in [0.717, 1.165) is 22.0 Å². The van der Waals surface area contributed by atoms with Crippen LogP contribution in [0.2, 0.25) is 0 Å². The van der Waals surface area contributed by atoms with Crippen molar-refractivity contribution in [2.45, 2.75) is 38.6 Å². The molecule has 15 heavy (non-hydrogen) atoms. The zero-order chi connectivity index (χ0) is 10.8. The molecule has 1 fully saturated rings. The Morgan fingerprint density at radius 1 is 1.60 bits per heavy atom. The Kier molecular flexibility index (Phi) is 3.80. The van der Waals surface area contributed by atoms with Crippen LogP contribution in [-0.4, -0.2) is 11.0 Å². The lowest BCUT2D eigenvalue weighted by Crippen LogP contribution is -2.33. The topological polar surface area (TPSA) is 38.9 Å². The molecule has 2 nitrogen and oxygen atoms in total. The first-order valence-electron chi connectivity index (χ1n) is 5.51. The van der Waals surface area contributed by atoms with Crippen LogP contribution in [0.1, 0.15) is 31.2 Å². The first kappa shape index (κ1) is 11.6. The highest BCUT2D eigenvalue weighted by Gasteiger charge is 2.26. The quantitative estimate of drug-likeness (QED) is 0.908.